The molecule has 1 atom stereocenters. The number of amides is 3. The predicted octanol–water partition coefficient (Wildman–Crippen LogP) is 4.32. The minimum absolute atomic E-state index is 0.0456. The summed E-state index contributed by atoms with van der Waals surface area (Å²) in [4.78, 5) is 40.6. The van der Waals surface area contributed by atoms with Gasteiger partial charge in [0.15, 0.2) is 5.69 Å². The van der Waals surface area contributed by atoms with E-state index in [-0.39, 0.29) is 29.3 Å². The van der Waals surface area contributed by atoms with Crippen molar-refractivity contribution in [3.05, 3.63) is 117 Å². The van der Waals surface area contributed by atoms with Crippen LogP contribution in [0, 0.1) is 5.82 Å². The summed E-state index contributed by atoms with van der Waals surface area (Å²) in [5.41, 5.74) is 12.9. The van der Waals surface area contributed by atoms with E-state index >= 15 is 0 Å². The van der Waals surface area contributed by atoms with Crippen LogP contribution in [0.15, 0.2) is 78.9 Å². The molecule has 194 valence electrons. The molecule has 8 nitrogen and oxygen atoms in total. The molecule has 11 heteroatoms. The van der Waals surface area contributed by atoms with E-state index in [9.17, 15) is 18.8 Å². The molecule has 4 rings (SSSR count). The second-order valence-electron chi connectivity index (χ2n) is 8.36. The Hall–Kier alpha value is -4.28. The van der Waals surface area contributed by atoms with Crippen molar-refractivity contribution in [1.29, 1.82) is 0 Å². The van der Waals surface area contributed by atoms with Crippen molar-refractivity contribution in [2.24, 2.45) is 5.73 Å². The first-order valence-electron chi connectivity index (χ1n) is 11.4. The number of benzene rings is 3. The molecule has 0 saturated heterocycles. The third kappa shape index (κ3) is 6.16. The topological polar surface area (TPSA) is 131 Å². The van der Waals surface area contributed by atoms with Gasteiger partial charge in [-0.2, -0.15) is 4.37 Å². The molecule has 1 heterocycles. The summed E-state index contributed by atoms with van der Waals surface area (Å²) in [6.07, 6.45) is 0. The van der Waals surface area contributed by atoms with Crippen LogP contribution in [0.25, 0.3) is 0 Å². The van der Waals surface area contributed by atoms with E-state index in [1.807, 2.05) is 30.3 Å². The number of carbonyl (C=O) groups excluding carboxylic acids is 3. The molecule has 0 bridgehead atoms. The van der Waals surface area contributed by atoms with Crippen LogP contribution in [-0.2, 0) is 17.9 Å². The van der Waals surface area contributed by atoms with Crippen molar-refractivity contribution in [2.45, 2.75) is 19.1 Å². The average molecular weight is 552 g/mol. The number of primary amides is 1. The number of nitrogen functional groups attached to an aromatic ring is 1. The Morgan fingerprint density at radius 1 is 0.974 bits per heavy atom. The third-order valence-electron chi connectivity index (χ3n) is 5.74. The van der Waals surface area contributed by atoms with Crippen molar-refractivity contribution in [3.8, 4) is 0 Å². The van der Waals surface area contributed by atoms with Crippen LogP contribution in [0.5, 0.6) is 0 Å². The van der Waals surface area contributed by atoms with E-state index in [0.29, 0.717) is 27.7 Å². The van der Waals surface area contributed by atoms with E-state index < -0.39 is 29.6 Å². The van der Waals surface area contributed by atoms with Crippen LogP contribution in [-0.4, -0.2) is 27.0 Å². The standard InChI is InChI=1S/C27H23ClFN5O3S/c28-19-10-8-18(9-11-19)23(26(36)32-14-16-4-2-1-3-5-16)34(15-17-6-12-20(29)13-7-17)27(37)24-21(30)22(25(31)35)33-38-24/h1-13,23H,14-15,30H2,(H2,31,35)(H,32,36)/t23-/m0/s1. The summed E-state index contributed by atoms with van der Waals surface area (Å²) < 4.78 is 17.5. The zero-order chi connectivity index (χ0) is 27.2. The van der Waals surface area contributed by atoms with E-state index in [2.05, 4.69) is 9.69 Å². The molecule has 0 unspecified atom stereocenters. The van der Waals surface area contributed by atoms with Gasteiger partial charge >= 0.3 is 0 Å². The Morgan fingerprint density at radius 2 is 1.63 bits per heavy atom. The molecule has 4 aromatic rings. The molecule has 3 aromatic carbocycles. The fraction of sp³-hybridized carbons (Fsp3) is 0.111. The van der Waals surface area contributed by atoms with E-state index in [4.69, 9.17) is 23.1 Å². The van der Waals surface area contributed by atoms with Gasteiger partial charge in [-0.05, 0) is 52.5 Å². The number of nitrogens with two attached hydrogens (primary N) is 2. The molecule has 38 heavy (non-hydrogen) atoms. The minimum atomic E-state index is -1.13. The van der Waals surface area contributed by atoms with Crippen molar-refractivity contribution in [1.82, 2.24) is 14.6 Å². The van der Waals surface area contributed by atoms with Gasteiger partial charge in [0.2, 0.25) is 5.91 Å². The number of anilines is 1. The summed E-state index contributed by atoms with van der Waals surface area (Å²) in [7, 11) is 0. The zero-order valence-electron chi connectivity index (χ0n) is 19.9. The second kappa shape index (κ2) is 11.8. The van der Waals surface area contributed by atoms with E-state index in [1.54, 1.807) is 24.3 Å². The second-order valence-corrected chi connectivity index (χ2v) is 9.57. The summed E-state index contributed by atoms with van der Waals surface area (Å²) >= 11 is 6.80. The molecule has 5 N–H and O–H groups in total. The summed E-state index contributed by atoms with van der Waals surface area (Å²) in [6, 6.07) is 20.2. The molecule has 0 radical (unpaired) electrons. The van der Waals surface area contributed by atoms with Gasteiger partial charge in [-0.15, -0.1) is 0 Å². The van der Waals surface area contributed by atoms with Crippen LogP contribution < -0.4 is 16.8 Å². The van der Waals surface area contributed by atoms with E-state index in [1.165, 1.54) is 29.2 Å². The number of nitrogens with zero attached hydrogens (tertiary/aromatic N) is 2. The molecule has 0 aliphatic heterocycles. The number of carbonyl (C=O) groups is 3. The number of nitrogens with one attached hydrogen (secondary N) is 1. The quantitative estimate of drug-likeness (QED) is 0.285. The van der Waals surface area contributed by atoms with Gasteiger partial charge in [0.05, 0.1) is 5.69 Å². The molecule has 3 amide bonds. The zero-order valence-corrected chi connectivity index (χ0v) is 21.5. The SMILES string of the molecule is NC(=O)c1nsc(C(=O)N(Cc2ccc(F)cc2)[C@H](C(=O)NCc2ccccc2)c2ccc(Cl)cc2)c1N. The molecule has 1 aromatic heterocycles. The Balaban J connectivity index is 1.77. The number of rotatable bonds is 9. The van der Waals surface area contributed by atoms with Crippen LogP contribution in [0.3, 0.4) is 0 Å². The van der Waals surface area contributed by atoms with Crippen molar-refractivity contribution >= 4 is 46.5 Å². The fourth-order valence-corrected chi connectivity index (χ4v) is 4.71. The normalized spacial score (nSPS) is 11.5. The van der Waals surface area contributed by atoms with Crippen LogP contribution >= 0.6 is 23.1 Å². The van der Waals surface area contributed by atoms with Crippen molar-refractivity contribution in [3.63, 3.8) is 0 Å². The maximum absolute atomic E-state index is 13.9. The van der Waals surface area contributed by atoms with Gasteiger partial charge in [-0.25, -0.2) is 4.39 Å². The lowest BCUT2D eigenvalue weighted by molar-refractivity contribution is -0.126. The minimum Gasteiger partial charge on any atom is -0.395 e. The van der Waals surface area contributed by atoms with Crippen LogP contribution in [0.4, 0.5) is 10.1 Å². The maximum atomic E-state index is 13.9. The molecular weight excluding hydrogens is 529 g/mol. The number of hydrogen-bond donors (Lipinski definition) is 3. The number of halogens is 2. The first-order chi connectivity index (χ1) is 18.2. The predicted molar refractivity (Wildman–Crippen MR) is 144 cm³/mol. The Morgan fingerprint density at radius 3 is 2.24 bits per heavy atom. The molecular formula is C27H23ClFN5O3S. The molecule has 0 saturated carbocycles. The monoisotopic (exact) mass is 551 g/mol. The van der Waals surface area contributed by atoms with Gasteiger partial charge in [-0.1, -0.05) is 66.2 Å². The Kier molecular flexibility index (Phi) is 8.35. The summed E-state index contributed by atoms with van der Waals surface area (Å²) in [5.74, 6) is -2.44. The van der Waals surface area contributed by atoms with Crippen molar-refractivity contribution < 1.29 is 18.8 Å². The summed E-state index contributed by atoms with van der Waals surface area (Å²) in [6.45, 7) is 0.144. The number of hydrogen-bond acceptors (Lipinski definition) is 6. The highest BCUT2D eigenvalue weighted by Gasteiger charge is 2.35. The lowest BCUT2D eigenvalue weighted by Crippen LogP contribution is -2.43. The smallest absolute Gasteiger partial charge is 0.270 e. The summed E-state index contributed by atoms with van der Waals surface area (Å²) in [5, 5.41) is 3.34. The lowest BCUT2D eigenvalue weighted by Gasteiger charge is -2.31. The lowest BCUT2D eigenvalue weighted by atomic mass is 10.0. The average Bonchev–Trinajstić information content (AvgIpc) is 3.31. The van der Waals surface area contributed by atoms with Gasteiger partial charge in [0, 0.05) is 18.1 Å². The largest absolute Gasteiger partial charge is 0.395 e. The van der Waals surface area contributed by atoms with E-state index in [0.717, 1.165) is 5.56 Å². The van der Waals surface area contributed by atoms with Gasteiger partial charge in [-0.3, -0.25) is 14.4 Å². The molecule has 0 aliphatic carbocycles. The van der Waals surface area contributed by atoms with Gasteiger partial charge in [0.1, 0.15) is 16.7 Å². The molecule has 0 spiro atoms. The van der Waals surface area contributed by atoms with Gasteiger partial charge in [0.25, 0.3) is 11.8 Å². The van der Waals surface area contributed by atoms with Crippen molar-refractivity contribution in [2.75, 3.05) is 5.73 Å². The first-order valence-corrected chi connectivity index (χ1v) is 12.6. The van der Waals surface area contributed by atoms with Crippen LogP contribution in [0.1, 0.15) is 42.9 Å². The first kappa shape index (κ1) is 26.8. The molecule has 0 fully saturated rings. The highest BCUT2D eigenvalue weighted by atomic mass is 35.5. The number of aromatic nitrogens is 1. The Labute approximate surface area is 227 Å². The highest BCUT2D eigenvalue weighted by Crippen LogP contribution is 2.31. The third-order valence-corrected chi connectivity index (χ3v) is 6.84. The maximum Gasteiger partial charge on any atom is 0.270 e. The van der Waals surface area contributed by atoms with Gasteiger partial charge < -0.3 is 21.7 Å². The highest BCUT2D eigenvalue weighted by molar-refractivity contribution is 7.09. The molecule has 0 aliphatic rings. The Bertz CT molecular complexity index is 1450. The van der Waals surface area contributed by atoms with Crippen LogP contribution in [0.2, 0.25) is 5.02 Å². The fourth-order valence-electron chi connectivity index (χ4n) is 3.83.